The molecule has 20 heavy (non-hydrogen) atoms. The topological polar surface area (TPSA) is 41.0 Å². The minimum absolute atomic E-state index is 0.471. The van der Waals surface area contributed by atoms with E-state index in [1.54, 1.807) is 0 Å². The predicted molar refractivity (Wildman–Crippen MR) is 89.0 cm³/mol. The first-order valence-electron chi connectivity index (χ1n) is 6.73. The Balaban J connectivity index is 1.73. The molecule has 6 heteroatoms. The van der Waals surface area contributed by atoms with Crippen LogP contribution in [0.25, 0.3) is 10.9 Å². The van der Waals surface area contributed by atoms with Crippen molar-refractivity contribution in [2.45, 2.75) is 18.9 Å². The molecule has 0 atom stereocenters. The first kappa shape index (κ1) is 14.1. The number of fused-ring (bicyclic) bond motifs is 1. The van der Waals surface area contributed by atoms with Crippen LogP contribution in [0.3, 0.4) is 0 Å². The predicted octanol–water partition coefficient (Wildman–Crippen LogP) is 3.55. The second kappa shape index (κ2) is 6.28. The summed E-state index contributed by atoms with van der Waals surface area (Å²) in [6, 6.07) is 6.51. The average Bonchev–Trinajstić information content (AvgIpc) is 2.49. The minimum Gasteiger partial charge on any atom is -0.351 e. The largest absolute Gasteiger partial charge is 0.351 e. The minimum atomic E-state index is 0.471. The molecule has 1 aliphatic heterocycles. The van der Waals surface area contributed by atoms with Crippen molar-refractivity contribution in [2.75, 3.05) is 24.7 Å². The Kier molecular flexibility index (Phi) is 4.43. The van der Waals surface area contributed by atoms with Crippen molar-refractivity contribution in [1.29, 1.82) is 0 Å². The zero-order valence-electron chi connectivity index (χ0n) is 11.3. The fraction of sp³-hybridized carbons (Fsp3) is 0.429. The third kappa shape index (κ3) is 3.07. The Morgan fingerprint density at radius 1 is 1.35 bits per heavy atom. The van der Waals surface area contributed by atoms with E-state index in [1.807, 2.05) is 36.3 Å². The molecule has 0 radical (unpaired) electrons. The number of para-hydroxylation sites is 1. The molecule has 2 aromatic rings. The van der Waals surface area contributed by atoms with E-state index in [-0.39, 0.29) is 0 Å². The second-order valence-corrected chi connectivity index (χ2v) is 6.64. The van der Waals surface area contributed by atoms with Gasteiger partial charge in [-0.25, -0.2) is 9.97 Å². The van der Waals surface area contributed by atoms with E-state index in [0.717, 1.165) is 47.3 Å². The highest BCUT2D eigenvalue weighted by Gasteiger charge is 2.19. The molecule has 4 nitrogen and oxygen atoms in total. The lowest BCUT2D eigenvalue weighted by Crippen LogP contribution is -2.35. The summed E-state index contributed by atoms with van der Waals surface area (Å²) in [6.45, 7) is 2.24. The van der Waals surface area contributed by atoms with Crippen molar-refractivity contribution in [3.05, 3.63) is 28.9 Å². The Bertz CT molecular complexity index is 599. The van der Waals surface area contributed by atoms with Crippen LogP contribution in [0.1, 0.15) is 12.8 Å². The fourth-order valence-corrected chi connectivity index (χ4v) is 3.50. The van der Waals surface area contributed by atoms with Gasteiger partial charge in [0.2, 0.25) is 5.95 Å². The summed E-state index contributed by atoms with van der Waals surface area (Å²) >= 11 is 5.37. The van der Waals surface area contributed by atoms with Gasteiger partial charge in [0.05, 0.1) is 5.52 Å². The van der Waals surface area contributed by atoms with E-state index >= 15 is 0 Å². The van der Waals surface area contributed by atoms with Crippen LogP contribution in [0.5, 0.6) is 0 Å². The van der Waals surface area contributed by atoms with Crippen LogP contribution in [0.4, 0.5) is 5.95 Å². The second-order valence-electron chi connectivity index (χ2n) is 4.90. The number of anilines is 1. The monoisotopic (exact) mass is 352 g/mol. The van der Waals surface area contributed by atoms with E-state index in [1.165, 1.54) is 0 Å². The molecule has 1 fully saturated rings. The maximum atomic E-state index is 4.62. The van der Waals surface area contributed by atoms with Crippen LogP contribution in [0.2, 0.25) is 0 Å². The quantitative estimate of drug-likeness (QED) is 0.855. The van der Waals surface area contributed by atoms with Gasteiger partial charge in [-0.3, -0.25) is 4.31 Å². The van der Waals surface area contributed by atoms with Crippen LogP contribution in [-0.4, -0.2) is 39.7 Å². The molecule has 1 aromatic heterocycles. The molecular weight excluding hydrogens is 336 g/mol. The number of rotatable bonds is 3. The lowest BCUT2D eigenvalue weighted by Gasteiger charge is -2.30. The van der Waals surface area contributed by atoms with Gasteiger partial charge < -0.3 is 5.32 Å². The molecule has 0 amide bonds. The van der Waals surface area contributed by atoms with Crippen LogP contribution in [-0.2, 0) is 0 Å². The lowest BCUT2D eigenvalue weighted by atomic mass is 10.1. The Hall–Kier alpha value is -0.850. The lowest BCUT2D eigenvalue weighted by molar-refractivity contribution is 0.358. The molecular formula is C14H17BrN4S. The van der Waals surface area contributed by atoms with E-state index < -0.39 is 0 Å². The van der Waals surface area contributed by atoms with Crippen LogP contribution in [0, 0.1) is 0 Å². The number of nitrogens with zero attached hydrogens (tertiary/aromatic N) is 3. The third-order valence-electron chi connectivity index (χ3n) is 3.61. The van der Waals surface area contributed by atoms with Gasteiger partial charge in [-0.1, -0.05) is 24.1 Å². The number of aromatic nitrogens is 2. The van der Waals surface area contributed by atoms with Crippen LogP contribution >= 0.6 is 27.9 Å². The summed E-state index contributed by atoms with van der Waals surface area (Å²) in [5.74, 6) is 0.729. The van der Waals surface area contributed by atoms with Crippen molar-refractivity contribution in [3.63, 3.8) is 0 Å². The molecule has 3 rings (SSSR count). The summed E-state index contributed by atoms with van der Waals surface area (Å²) in [5.41, 5.74) is 0.964. The SMILES string of the molecule is CSN1CCC(Nc2ncc3cccc(Br)c3n2)CC1. The highest BCUT2D eigenvalue weighted by atomic mass is 79.9. The van der Waals surface area contributed by atoms with Gasteiger partial charge in [-0.2, -0.15) is 0 Å². The molecule has 0 saturated carbocycles. The van der Waals surface area contributed by atoms with Gasteiger partial charge >= 0.3 is 0 Å². The maximum Gasteiger partial charge on any atom is 0.223 e. The van der Waals surface area contributed by atoms with Gasteiger partial charge in [0.15, 0.2) is 0 Å². The fourth-order valence-electron chi connectivity index (χ4n) is 2.45. The summed E-state index contributed by atoms with van der Waals surface area (Å²) in [7, 11) is 0. The van der Waals surface area contributed by atoms with E-state index in [9.17, 15) is 0 Å². The van der Waals surface area contributed by atoms with Gasteiger partial charge in [-0.05, 0) is 41.1 Å². The van der Waals surface area contributed by atoms with E-state index in [0.29, 0.717) is 6.04 Å². The number of halogens is 1. The molecule has 2 heterocycles. The Morgan fingerprint density at radius 3 is 2.90 bits per heavy atom. The molecule has 1 aromatic carbocycles. The highest BCUT2D eigenvalue weighted by molar-refractivity contribution is 9.10. The molecule has 1 aliphatic rings. The van der Waals surface area contributed by atoms with Crippen molar-refractivity contribution >= 4 is 44.7 Å². The summed E-state index contributed by atoms with van der Waals surface area (Å²) in [5, 5.41) is 4.52. The standard InChI is InChI=1S/C14H17BrN4S/c1-20-19-7-5-11(6-8-19)17-14-16-9-10-3-2-4-12(15)13(10)18-14/h2-4,9,11H,5-8H2,1H3,(H,16,17,18). The van der Waals surface area contributed by atoms with Gasteiger partial charge in [-0.15, -0.1) is 0 Å². The van der Waals surface area contributed by atoms with Crippen molar-refractivity contribution in [2.24, 2.45) is 0 Å². The summed E-state index contributed by atoms with van der Waals surface area (Å²) < 4.78 is 3.41. The van der Waals surface area contributed by atoms with Crippen LogP contribution in [0.15, 0.2) is 28.9 Å². The zero-order chi connectivity index (χ0) is 13.9. The maximum absolute atomic E-state index is 4.62. The molecule has 0 bridgehead atoms. The highest BCUT2D eigenvalue weighted by Crippen LogP contribution is 2.23. The van der Waals surface area contributed by atoms with Crippen molar-refractivity contribution in [3.8, 4) is 0 Å². The smallest absolute Gasteiger partial charge is 0.223 e. The Labute approximate surface area is 131 Å². The molecule has 1 N–H and O–H groups in total. The normalized spacial score (nSPS) is 17.5. The van der Waals surface area contributed by atoms with E-state index in [2.05, 4.69) is 41.8 Å². The van der Waals surface area contributed by atoms with Gasteiger partial charge in [0, 0.05) is 35.2 Å². The van der Waals surface area contributed by atoms with Gasteiger partial charge in [0.1, 0.15) is 0 Å². The molecule has 1 saturated heterocycles. The number of piperidine rings is 1. The molecule has 0 aliphatic carbocycles. The number of nitrogens with one attached hydrogen (secondary N) is 1. The van der Waals surface area contributed by atoms with Crippen molar-refractivity contribution in [1.82, 2.24) is 14.3 Å². The summed E-state index contributed by atoms with van der Waals surface area (Å²) in [4.78, 5) is 9.04. The first-order chi connectivity index (χ1) is 9.76. The van der Waals surface area contributed by atoms with Gasteiger partial charge in [0.25, 0.3) is 0 Å². The number of hydrogen-bond acceptors (Lipinski definition) is 5. The average molecular weight is 353 g/mol. The number of hydrogen-bond donors (Lipinski definition) is 1. The molecule has 0 unspecified atom stereocenters. The van der Waals surface area contributed by atoms with E-state index in [4.69, 9.17) is 0 Å². The molecule has 0 spiro atoms. The summed E-state index contributed by atoms with van der Waals surface area (Å²) in [6.07, 6.45) is 6.29. The first-order valence-corrected chi connectivity index (χ1v) is 8.70. The number of benzene rings is 1. The third-order valence-corrected chi connectivity index (χ3v) is 5.13. The molecule has 106 valence electrons. The Morgan fingerprint density at radius 2 is 2.15 bits per heavy atom. The van der Waals surface area contributed by atoms with Crippen LogP contribution < -0.4 is 5.32 Å². The zero-order valence-corrected chi connectivity index (χ0v) is 13.7. The van der Waals surface area contributed by atoms with Crippen molar-refractivity contribution < 1.29 is 0 Å².